The first-order chi connectivity index (χ1) is 16.9. The average Bonchev–Trinajstić information content (AvgIpc) is 3.52. The minimum absolute atomic E-state index is 0.00103. The maximum atomic E-state index is 12.9. The number of hydrogen-bond donors (Lipinski definition) is 2. The first-order valence-electron chi connectivity index (χ1n) is 12.5. The van der Waals surface area contributed by atoms with Crippen LogP contribution >= 0.6 is 0 Å². The summed E-state index contributed by atoms with van der Waals surface area (Å²) in [6.07, 6.45) is 3.05. The van der Waals surface area contributed by atoms with E-state index in [-0.39, 0.29) is 36.9 Å². The molecule has 3 atom stereocenters. The third-order valence-corrected chi connectivity index (χ3v) is 8.16. The van der Waals surface area contributed by atoms with E-state index in [1.807, 2.05) is 31.2 Å². The van der Waals surface area contributed by atoms with Gasteiger partial charge in [-0.05, 0) is 54.9 Å². The number of carboxylic acids is 1. The Labute approximate surface area is 205 Å². The number of carbonyl (C=O) groups excluding carboxylic acids is 2. The Morgan fingerprint density at radius 2 is 1.74 bits per heavy atom. The summed E-state index contributed by atoms with van der Waals surface area (Å²) in [7, 11) is 0. The molecule has 0 spiro atoms. The van der Waals surface area contributed by atoms with Crippen LogP contribution in [-0.2, 0) is 14.3 Å². The zero-order valence-corrected chi connectivity index (χ0v) is 20.0. The highest BCUT2D eigenvalue weighted by Crippen LogP contribution is 2.49. The molecule has 35 heavy (non-hydrogen) atoms. The first kappa shape index (κ1) is 23.4. The largest absolute Gasteiger partial charge is 0.481 e. The summed E-state index contributed by atoms with van der Waals surface area (Å²) >= 11 is 0. The quantitative estimate of drug-likeness (QED) is 0.611. The summed E-state index contributed by atoms with van der Waals surface area (Å²) in [6, 6.07) is 16.0. The molecule has 1 saturated carbocycles. The molecule has 2 amide bonds. The van der Waals surface area contributed by atoms with Gasteiger partial charge in [0.25, 0.3) is 0 Å². The van der Waals surface area contributed by atoms with Crippen LogP contribution in [0.4, 0.5) is 4.79 Å². The Morgan fingerprint density at radius 1 is 1.09 bits per heavy atom. The molecule has 184 valence electrons. The Bertz CT molecular complexity index is 1100. The number of amides is 2. The van der Waals surface area contributed by atoms with Crippen LogP contribution in [-0.4, -0.2) is 53.2 Å². The Kier molecular flexibility index (Phi) is 6.26. The Hall–Kier alpha value is -3.35. The molecule has 2 N–H and O–H groups in total. The predicted octanol–water partition coefficient (Wildman–Crippen LogP) is 4.55. The number of fused-ring (bicyclic) bond motifs is 4. The van der Waals surface area contributed by atoms with E-state index in [4.69, 9.17) is 4.74 Å². The van der Waals surface area contributed by atoms with E-state index >= 15 is 0 Å². The zero-order valence-electron chi connectivity index (χ0n) is 20.0. The second-order valence-electron chi connectivity index (χ2n) is 10.1. The number of nitrogens with one attached hydrogen (secondary N) is 1. The molecule has 5 rings (SSSR count). The number of likely N-dealkylation sites (tertiary alicyclic amines) is 1. The van der Waals surface area contributed by atoms with E-state index in [1.54, 1.807) is 4.90 Å². The summed E-state index contributed by atoms with van der Waals surface area (Å²) in [5.41, 5.74) is 3.92. The van der Waals surface area contributed by atoms with Crippen molar-refractivity contribution in [3.63, 3.8) is 0 Å². The summed E-state index contributed by atoms with van der Waals surface area (Å²) in [5, 5.41) is 12.6. The molecule has 2 aliphatic carbocycles. The van der Waals surface area contributed by atoms with Crippen LogP contribution in [0.15, 0.2) is 48.5 Å². The van der Waals surface area contributed by atoms with Gasteiger partial charge in [0.1, 0.15) is 6.61 Å². The molecule has 7 heteroatoms. The van der Waals surface area contributed by atoms with Gasteiger partial charge >= 0.3 is 12.1 Å². The number of hydrogen-bond acceptors (Lipinski definition) is 4. The van der Waals surface area contributed by atoms with Crippen molar-refractivity contribution >= 4 is 18.0 Å². The van der Waals surface area contributed by atoms with Gasteiger partial charge in [-0.3, -0.25) is 9.59 Å². The smallest absolute Gasteiger partial charge is 0.407 e. The van der Waals surface area contributed by atoms with Crippen LogP contribution in [0.25, 0.3) is 11.1 Å². The van der Waals surface area contributed by atoms with Crippen LogP contribution in [0.5, 0.6) is 0 Å². The fraction of sp³-hybridized carbons (Fsp3) is 0.464. The summed E-state index contributed by atoms with van der Waals surface area (Å²) < 4.78 is 5.60. The van der Waals surface area contributed by atoms with Crippen molar-refractivity contribution in [3.8, 4) is 11.1 Å². The monoisotopic (exact) mass is 476 g/mol. The maximum Gasteiger partial charge on any atom is 0.407 e. The Morgan fingerprint density at radius 3 is 2.40 bits per heavy atom. The molecule has 0 radical (unpaired) electrons. The number of ether oxygens (including phenoxy) is 1. The second-order valence-corrected chi connectivity index (χ2v) is 10.1. The zero-order chi connectivity index (χ0) is 24.6. The topological polar surface area (TPSA) is 95.9 Å². The van der Waals surface area contributed by atoms with Gasteiger partial charge < -0.3 is 20.1 Å². The van der Waals surface area contributed by atoms with Crippen molar-refractivity contribution in [1.82, 2.24) is 10.2 Å². The fourth-order valence-electron chi connectivity index (χ4n) is 6.33. The molecular formula is C28H32N2O5. The van der Waals surface area contributed by atoms with Gasteiger partial charge in [-0.1, -0.05) is 55.0 Å². The molecule has 3 aliphatic rings. The molecule has 1 heterocycles. The molecule has 3 unspecified atom stereocenters. The van der Waals surface area contributed by atoms with Gasteiger partial charge in [-0.25, -0.2) is 4.79 Å². The molecule has 0 bridgehead atoms. The Balaban J connectivity index is 1.12. The summed E-state index contributed by atoms with van der Waals surface area (Å²) in [4.78, 5) is 39.0. The van der Waals surface area contributed by atoms with E-state index in [9.17, 15) is 19.5 Å². The minimum Gasteiger partial charge on any atom is -0.481 e. The van der Waals surface area contributed by atoms with Gasteiger partial charge in [-0.15, -0.1) is 0 Å². The molecule has 2 aromatic rings. The van der Waals surface area contributed by atoms with Gasteiger partial charge in [-0.2, -0.15) is 0 Å². The van der Waals surface area contributed by atoms with E-state index in [0.717, 1.165) is 24.0 Å². The molecule has 7 nitrogen and oxygen atoms in total. The first-order valence-corrected chi connectivity index (χ1v) is 12.5. The third-order valence-electron chi connectivity index (χ3n) is 8.16. The number of aliphatic carboxylic acids is 1. The van der Waals surface area contributed by atoms with E-state index in [0.29, 0.717) is 25.8 Å². The van der Waals surface area contributed by atoms with Gasteiger partial charge in [0.2, 0.25) is 5.91 Å². The lowest BCUT2D eigenvalue weighted by atomic mass is 9.82. The lowest BCUT2D eigenvalue weighted by Crippen LogP contribution is -2.43. The average molecular weight is 477 g/mol. The summed E-state index contributed by atoms with van der Waals surface area (Å²) in [5.74, 6) is -0.803. The SMILES string of the molecule is CC(CCC(=O)N1CCC2(C(=O)O)CCCC12)NC(=O)OCC1c2ccccc2-c2ccccc21. The third kappa shape index (κ3) is 4.17. The van der Waals surface area contributed by atoms with Gasteiger partial charge in [0.15, 0.2) is 0 Å². The number of carboxylic acid groups (broad SMARTS) is 1. The van der Waals surface area contributed by atoms with Gasteiger partial charge in [0.05, 0.1) is 5.41 Å². The molecule has 2 fully saturated rings. The number of alkyl carbamates (subject to hydrolysis) is 1. The highest BCUT2D eigenvalue weighted by molar-refractivity contribution is 5.82. The van der Waals surface area contributed by atoms with E-state index in [2.05, 4.69) is 29.6 Å². The lowest BCUT2D eigenvalue weighted by Gasteiger charge is -2.29. The molecule has 1 aliphatic heterocycles. The summed E-state index contributed by atoms with van der Waals surface area (Å²) in [6.45, 7) is 2.61. The van der Waals surface area contributed by atoms with Crippen LogP contribution < -0.4 is 5.32 Å². The van der Waals surface area contributed by atoms with Crippen molar-refractivity contribution in [2.24, 2.45) is 5.41 Å². The molecule has 0 aromatic heterocycles. The van der Waals surface area contributed by atoms with Crippen molar-refractivity contribution in [1.29, 1.82) is 0 Å². The number of rotatable bonds is 7. The second kappa shape index (κ2) is 9.36. The van der Waals surface area contributed by atoms with Crippen molar-refractivity contribution in [2.75, 3.05) is 13.2 Å². The fourth-order valence-corrected chi connectivity index (χ4v) is 6.33. The van der Waals surface area contributed by atoms with Crippen molar-refractivity contribution in [2.45, 2.75) is 63.5 Å². The van der Waals surface area contributed by atoms with Crippen LogP contribution in [0.1, 0.15) is 62.5 Å². The van der Waals surface area contributed by atoms with Crippen molar-refractivity contribution < 1.29 is 24.2 Å². The number of nitrogens with zero attached hydrogens (tertiary/aromatic N) is 1. The number of benzene rings is 2. The minimum atomic E-state index is -0.777. The van der Waals surface area contributed by atoms with Gasteiger partial charge in [0, 0.05) is 31.0 Å². The molecule has 1 saturated heterocycles. The number of carbonyl (C=O) groups is 3. The molecular weight excluding hydrogens is 444 g/mol. The standard InChI is InChI=1S/C28H32N2O5/c1-18(12-13-25(31)30-16-15-28(26(32)33)14-6-11-24(28)30)29-27(34)35-17-23-21-9-4-2-7-19(21)20-8-3-5-10-22(20)23/h2-5,7-10,18,23-24H,6,11-17H2,1H3,(H,29,34)(H,32,33). The highest BCUT2D eigenvalue weighted by Gasteiger charge is 2.56. The highest BCUT2D eigenvalue weighted by atomic mass is 16.5. The van der Waals surface area contributed by atoms with E-state index in [1.165, 1.54) is 11.1 Å². The normalized spacial score (nSPS) is 23.3. The lowest BCUT2D eigenvalue weighted by molar-refractivity contribution is -0.150. The van der Waals surface area contributed by atoms with Crippen LogP contribution in [0.2, 0.25) is 0 Å². The molecule has 2 aromatic carbocycles. The maximum absolute atomic E-state index is 12.9. The van der Waals surface area contributed by atoms with Crippen LogP contribution in [0, 0.1) is 5.41 Å². The predicted molar refractivity (Wildman–Crippen MR) is 131 cm³/mol. The van der Waals surface area contributed by atoms with Crippen LogP contribution in [0.3, 0.4) is 0 Å². The van der Waals surface area contributed by atoms with E-state index < -0.39 is 17.5 Å². The van der Waals surface area contributed by atoms with Crippen molar-refractivity contribution in [3.05, 3.63) is 59.7 Å².